The van der Waals surface area contributed by atoms with Gasteiger partial charge in [0, 0.05) is 23.7 Å². The van der Waals surface area contributed by atoms with Crippen LogP contribution in [0.1, 0.15) is 58.8 Å². The number of nitrogens with one attached hydrogen (secondary N) is 1. The van der Waals surface area contributed by atoms with Crippen molar-refractivity contribution >= 4 is 11.6 Å². The third-order valence-corrected chi connectivity index (χ3v) is 5.27. The molecule has 1 aromatic heterocycles. The van der Waals surface area contributed by atoms with Crippen molar-refractivity contribution in [3.05, 3.63) is 62.4 Å². The number of rotatable bonds is 11. The number of aromatic nitrogens is 2. The highest BCUT2D eigenvalue weighted by atomic mass is 19.4. The normalized spacial score (nSPS) is 13.9. The van der Waals surface area contributed by atoms with Crippen LogP contribution in [-0.2, 0) is 22.7 Å². The molecule has 1 aromatic carbocycles. The van der Waals surface area contributed by atoms with Crippen LogP contribution in [0.5, 0.6) is 5.75 Å². The summed E-state index contributed by atoms with van der Waals surface area (Å²) in [5, 5.41) is 17.4. The van der Waals surface area contributed by atoms with Gasteiger partial charge < -0.3 is 20.0 Å². The molecule has 0 aliphatic carbocycles. The van der Waals surface area contributed by atoms with E-state index in [1.54, 1.807) is 34.6 Å². The zero-order valence-corrected chi connectivity index (χ0v) is 22.1. The summed E-state index contributed by atoms with van der Waals surface area (Å²) in [6.45, 7) is 9.24. The van der Waals surface area contributed by atoms with E-state index >= 15 is 0 Å². The van der Waals surface area contributed by atoms with Crippen molar-refractivity contribution < 1.29 is 32.6 Å². The highest BCUT2D eigenvalue weighted by Gasteiger charge is 2.33. The first-order valence-corrected chi connectivity index (χ1v) is 12.0. The SMILES string of the molecule is C/C(=N\OC(C)C)c1cn(CC(O)c2ccccc2OC(F)(F)F)c(=O)n(CC(C)NC(=O)C(C)C)c1=O. The Bertz CT molecular complexity index is 1270. The van der Waals surface area contributed by atoms with Crippen molar-refractivity contribution in [2.24, 2.45) is 11.1 Å². The fourth-order valence-electron chi connectivity index (χ4n) is 3.41. The monoisotopic (exact) mass is 542 g/mol. The van der Waals surface area contributed by atoms with Gasteiger partial charge in [0.1, 0.15) is 18.0 Å². The van der Waals surface area contributed by atoms with Crippen LogP contribution < -0.4 is 21.3 Å². The third kappa shape index (κ3) is 8.47. The largest absolute Gasteiger partial charge is 0.573 e. The Morgan fingerprint density at radius 2 is 1.74 bits per heavy atom. The van der Waals surface area contributed by atoms with E-state index < -0.39 is 42.1 Å². The lowest BCUT2D eigenvalue weighted by molar-refractivity contribution is -0.275. The van der Waals surface area contributed by atoms with Crippen LogP contribution in [0.15, 0.2) is 45.2 Å². The fraction of sp³-hybridized carbons (Fsp3) is 0.520. The average molecular weight is 543 g/mol. The molecule has 2 N–H and O–H groups in total. The number of nitrogens with zero attached hydrogens (tertiary/aromatic N) is 3. The highest BCUT2D eigenvalue weighted by Crippen LogP contribution is 2.30. The average Bonchev–Trinajstić information content (AvgIpc) is 2.81. The third-order valence-electron chi connectivity index (χ3n) is 5.27. The Balaban J connectivity index is 2.56. The summed E-state index contributed by atoms with van der Waals surface area (Å²) >= 11 is 0. The molecule has 0 bridgehead atoms. The van der Waals surface area contributed by atoms with Gasteiger partial charge in [0.25, 0.3) is 5.56 Å². The Kier molecular flexibility index (Phi) is 10.3. The van der Waals surface area contributed by atoms with Gasteiger partial charge in [0.2, 0.25) is 5.91 Å². The zero-order chi connectivity index (χ0) is 28.8. The minimum Gasteiger partial charge on any atom is -0.405 e. The van der Waals surface area contributed by atoms with Gasteiger partial charge in [-0.15, -0.1) is 13.2 Å². The van der Waals surface area contributed by atoms with E-state index in [1.807, 2.05) is 0 Å². The maximum Gasteiger partial charge on any atom is 0.573 e. The Morgan fingerprint density at radius 1 is 1.11 bits per heavy atom. The maximum atomic E-state index is 13.3. The molecule has 38 heavy (non-hydrogen) atoms. The quantitative estimate of drug-likeness (QED) is 0.332. The Labute approximate surface area is 217 Å². The highest BCUT2D eigenvalue weighted by molar-refractivity contribution is 5.97. The maximum absolute atomic E-state index is 13.3. The van der Waals surface area contributed by atoms with Crippen LogP contribution in [0, 0.1) is 5.92 Å². The number of oxime groups is 1. The molecule has 1 amide bonds. The zero-order valence-electron chi connectivity index (χ0n) is 22.1. The van der Waals surface area contributed by atoms with Crippen molar-refractivity contribution in [3.63, 3.8) is 0 Å². The topological polar surface area (TPSA) is 124 Å². The van der Waals surface area contributed by atoms with E-state index in [1.165, 1.54) is 25.1 Å². The first-order valence-electron chi connectivity index (χ1n) is 12.0. The summed E-state index contributed by atoms with van der Waals surface area (Å²) in [4.78, 5) is 43.8. The molecule has 0 spiro atoms. The molecule has 0 fully saturated rings. The minimum atomic E-state index is -4.99. The molecular weight excluding hydrogens is 509 g/mol. The number of alkyl halides is 3. The van der Waals surface area contributed by atoms with Gasteiger partial charge in [-0.1, -0.05) is 37.2 Å². The van der Waals surface area contributed by atoms with E-state index in [0.29, 0.717) is 0 Å². The Morgan fingerprint density at radius 3 is 2.32 bits per heavy atom. The van der Waals surface area contributed by atoms with E-state index in [-0.39, 0.29) is 41.3 Å². The van der Waals surface area contributed by atoms with Crippen LogP contribution in [0.25, 0.3) is 0 Å². The number of para-hydroxylation sites is 1. The van der Waals surface area contributed by atoms with Crippen molar-refractivity contribution in [2.75, 3.05) is 0 Å². The van der Waals surface area contributed by atoms with Crippen LogP contribution in [0.4, 0.5) is 13.2 Å². The molecule has 0 radical (unpaired) electrons. The summed E-state index contributed by atoms with van der Waals surface area (Å²) in [5.41, 5.74) is -1.64. The summed E-state index contributed by atoms with van der Waals surface area (Å²) < 4.78 is 44.4. The number of amides is 1. The number of aliphatic hydroxyl groups is 1. The molecule has 13 heteroatoms. The van der Waals surface area contributed by atoms with E-state index in [0.717, 1.165) is 21.4 Å². The standard InChI is InChI=1S/C25H33F3N4O6/c1-14(2)22(34)29-16(5)11-32-23(35)19(17(6)30-38-15(3)4)12-31(24(32)36)13-20(33)18-9-7-8-10-21(18)37-25(26,27)28/h7-10,12,14-16,20,33H,11,13H2,1-6H3,(H,29,34)/b30-17+. The van der Waals surface area contributed by atoms with Crippen LogP contribution >= 0.6 is 0 Å². The number of benzene rings is 1. The molecule has 0 aliphatic rings. The van der Waals surface area contributed by atoms with Crippen molar-refractivity contribution in [3.8, 4) is 5.75 Å². The first-order chi connectivity index (χ1) is 17.6. The molecule has 2 unspecified atom stereocenters. The number of hydrogen-bond acceptors (Lipinski definition) is 7. The number of halogens is 3. The van der Waals surface area contributed by atoms with E-state index in [4.69, 9.17) is 4.84 Å². The van der Waals surface area contributed by atoms with Gasteiger partial charge in [-0.25, -0.2) is 4.79 Å². The lowest BCUT2D eigenvalue weighted by Crippen LogP contribution is -2.48. The molecular formula is C25H33F3N4O6. The molecule has 0 saturated heterocycles. The lowest BCUT2D eigenvalue weighted by Gasteiger charge is -2.21. The molecule has 2 rings (SSSR count). The number of carbonyl (C=O) groups is 1. The second-order valence-corrected chi connectivity index (χ2v) is 9.39. The summed E-state index contributed by atoms with van der Waals surface area (Å²) in [6.07, 6.45) is -5.73. The molecule has 0 saturated carbocycles. The van der Waals surface area contributed by atoms with Crippen LogP contribution in [-0.4, -0.2) is 44.4 Å². The van der Waals surface area contributed by atoms with Crippen LogP contribution in [0.2, 0.25) is 0 Å². The van der Waals surface area contributed by atoms with Gasteiger partial charge in [-0.2, -0.15) is 0 Å². The lowest BCUT2D eigenvalue weighted by atomic mass is 10.1. The number of hydrogen-bond donors (Lipinski definition) is 2. The van der Waals surface area contributed by atoms with Crippen LogP contribution in [0.3, 0.4) is 0 Å². The minimum absolute atomic E-state index is 0.0281. The van der Waals surface area contributed by atoms with E-state index in [9.17, 15) is 32.7 Å². The van der Waals surface area contributed by atoms with Crippen molar-refractivity contribution in [1.29, 1.82) is 0 Å². The van der Waals surface area contributed by atoms with E-state index in [2.05, 4.69) is 15.2 Å². The second kappa shape index (κ2) is 12.8. The molecule has 0 aliphatic heterocycles. The molecule has 2 atom stereocenters. The summed E-state index contributed by atoms with van der Waals surface area (Å²) in [6, 6.07) is 4.38. The van der Waals surface area contributed by atoms with Gasteiger partial charge in [-0.05, 0) is 33.8 Å². The Hall–Kier alpha value is -3.61. The molecule has 1 heterocycles. The molecule has 2 aromatic rings. The summed E-state index contributed by atoms with van der Waals surface area (Å²) in [7, 11) is 0. The fourth-order valence-corrected chi connectivity index (χ4v) is 3.41. The van der Waals surface area contributed by atoms with Gasteiger partial charge in [0.15, 0.2) is 0 Å². The first kappa shape index (κ1) is 30.6. The number of ether oxygens (including phenoxy) is 1. The predicted molar refractivity (Wildman–Crippen MR) is 134 cm³/mol. The summed E-state index contributed by atoms with van der Waals surface area (Å²) in [5.74, 6) is -1.22. The van der Waals surface area contributed by atoms with Gasteiger partial charge >= 0.3 is 12.1 Å². The molecule has 10 nitrogen and oxygen atoms in total. The van der Waals surface area contributed by atoms with Crippen molar-refractivity contribution in [1.82, 2.24) is 14.5 Å². The second-order valence-electron chi connectivity index (χ2n) is 9.39. The van der Waals surface area contributed by atoms with Gasteiger partial charge in [0.05, 0.1) is 24.4 Å². The van der Waals surface area contributed by atoms with Gasteiger partial charge in [-0.3, -0.25) is 18.7 Å². The van der Waals surface area contributed by atoms with Crippen molar-refractivity contribution in [2.45, 2.75) is 79.2 Å². The predicted octanol–water partition coefficient (Wildman–Crippen LogP) is 2.95. The number of carbonyl (C=O) groups excluding carboxylic acids is 1. The number of aliphatic hydroxyl groups excluding tert-OH is 1. The molecule has 210 valence electrons. The smallest absolute Gasteiger partial charge is 0.405 e.